The van der Waals surface area contributed by atoms with E-state index in [9.17, 15) is 4.79 Å². The molecule has 7 heavy (non-hydrogen) atoms. The maximum atomic E-state index is 9.62. The number of aliphatic hydroxyl groups excluding tert-OH is 1. The highest BCUT2D eigenvalue weighted by molar-refractivity contribution is 5.50. The Hall–Kier alpha value is -0.590. The summed E-state index contributed by atoms with van der Waals surface area (Å²) in [5.41, 5.74) is 0.572. The minimum atomic E-state index is 0.0427. The monoisotopic (exact) mass is 100 g/mol. The normalized spacial score (nSPS) is 7.71. The summed E-state index contributed by atoms with van der Waals surface area (Å²) in [7, 11) is 0. The van der Waals surface area contributed by atoms with Crippen LogP contribution in [0.3, 0.4) is 0 Å². The molecule has 0 bridgehead atoms. The van der Waals surface area contributed by atoms with Gasteiger partial charge < -0.3 is 5.11 Å². The van der Waals surface area contributed by atoms with Gasteiger partial charge in [-0.3, -0.25) is 0 Å². The van der Waals surface area contributed by atoms with Gasteiger partial charge in [-0.15, -0.1) is 0 Å². The highest BCUT2D eigenvalue weighted by atomic mass is 16.3. The van der Waals surface area contributed by atoms with Gasteiger partial charge in [0, 0.05) is 18.6 Å². The van der Waals surface area contributed by atoms with Crippen LogP contribution in [0.15, 0.2) is 5.57 Å². The first-order valence-corrected chi connectivity index (χ1v) is 2.12. The van der Waals surface area contributed by atoms with E-state index < -0.39 is 0 Å². The summed E-state index contributed by atoms with van der Waals surface area (Å²) >= 11 is 0. The summed E-state index contributed by atoms with van der Waals surface area (Å²) in [5.74, 6) is 1.67. The molecule has 2 nitrogen and oxygen atoms in total. The summed E-state index contributed by atoms with van der Waals surface area (Å²) in [6.45, 7) is 1.68. The molecule has 0 spiro atoms. The third-order valence-electron chi connectivity index (χ3n) is 0.661. The fraction of sp³-hybridized carbons (Fsp3) is 0.600. The largest absolute Gasteiger partial charge is 0.396 e. The molecule has 0 rings (SSSR count). The van der Waals surface area contributed by atoms with Gasteiger partial charge in [0.05, 0.1) is 0 Å². The number of hydrogen-bond donors (Lipinski definition) is 1. The first-order chi connectivity index (χ1) is 3.31. The second-order valence-corrected chi connectivity index (χ2v) is 1.36. The quantitative estimate of drug-likeness (QED) is 0.501. The lowest BCUT2D eigenvalue weighted by Crippen LogP contribution is -1.82. The van der Waals surface area contributed by atoms with Crippen molar-refractivity contribution in [2.75, 3.05) is 6.61 Å². The molecular formula is C5H8O2. The maximum Gasteiger partial charge on any atom is 0.123 e. The van der Waals surface area contributed by atoms with Gasteiger partial charge in [0.25, 0.3) is 0 Å². The predicted octanol–water partition coefficient (Wildman–Crippen LogP) is 0.147. The minimum absolute atomic E-state index is 0.0427. The molecular weight excluding hydrogens is 92.1 g/mol. The SMILES string of the molecule is CC(=C=O)CCO. The maximum absolute atomic E-state index is 9.62. The van der Waals surface area contributed by atoms with Crippen molar-refractivity contribution < 1.29 is 9.90 Å². The molecule has 0 aromatic rings. The Labute approximate surface area is 42.5 Å². The Balaban J connectivity index is 3.37. The van der Waals surface area contributed by atoms with Gasteiger partial charge >= 0.3 is 0 Å². The number of hydrogen-bond acceptors (Lipinski definition) is 2. The Morgan fingerprint density at radius 2 is 2.43 bits per heavy atom. The minimum Gasteiger partial charge on any atom is -0.396 e. The Bertz CT molecular complexity index is 90.3. The van der Waals surface area contributed by atoms with Crippen molar-refractivity contribution in [3.63, 3.8) is 0 Å². The van der Waals surface area contributed by atoms with Crippen molar-refractivity contribution in [3.05, 3.63) is 5.57 Å². The van der Waals surface area contributed by atoms with Crippen LogP contribution in [0.5, 0.6) is 0 Å². The number of carbonyl (C=O) groups excluding carboxylic acids is 1. The van der Waals surface area contributed by atoms with E-state index in [0.29, 0.717) is 12.0 Å². The van der Waals surface area contributed by atoms with Gasteiger partial charge in [0.2, 0.25) is 0 Å². The van der Waals surface area contributed by atoms with Crippen molar-refractivity contribution in [2.45, 2.75) is 13.3 Å². The van der Waals surface area contributed by atoms with Crippen molar-refractivity contribution >= 4 is 5.94 Å². The molecule has 0 amide bonds. The second kappa shape index (κ2) is 3.59. The first-order valence-electron chi connectivity index (χ1n) is 2.12. The molecule has 0 aliphatic rings. The number of aliphatic hydroxyl groups is 1. The standard InChI is InChI=1S/C5H8O2/c1-5(4-7)2-3-6/h6H,2-3H2,1H3. The van der Waals surface area contributed by atoms with E-state index in [-0.39, 0.29) is 6.61 Å². The van der Waals surface area contributed by atoms with Gasteiger partial charge in [0.1, 0.15) is 5.94 Å². The van der Waals surface area contributed by atoms with Gasteiger partial charge in [0.15, 0.2) is 0 Å². The molecule has 0 aromatic heterocycles. The molecule has 0 saturated heterocycles. The molecule has 0 aliphatic carbocycles. The summed E-state index contributed by atoms with van der Waals surface area (Å²) < 4.78 is 0. The van der Waals surface area contributed by atoms with E-state index in [0.717, 1.165) is 0 Å². The van der Waals surface area contributed by atoms with E-state index in [1.54, 1.807) is 12.9 Å². The average molecular weight is 100 g/mol. The lowest BCUT2D eigenvalue weighted by molar-refractivity contribution is 0.299. The van der Waals surface area contributed by atoms with Crippen molar-refractivity contribution in [1.29, 1.82) is 0 Å². The van der Waals surface area contributed by atoms with Crippen LogP contribution >= 0.6 is 0 Å². The highest BCUT2D eigenvalue weighted by Crippen LogP contribution is 1.88. The van der Waals surface area contributed by atoms with E-state index >= 15 is 0 Å². The smallest absolute Gasteiger partial charge is 0.123 e. The topological polar surface area (TPSA) is 37.3 Å². The summed E-state index contributed by atoms with van der Waals surface area (Å²) in [6, 6.07) is 0. The first kappa shape index (κ1) is 6.41. The van der Waals surface area contributed by atoms with E-state index in [1.807, 2.05) is 0 Å². The molecule has 1 N–H and O–H groups in total. The van der Waals surface area contributed by atoms with Crippen molar-refractivity contribution in [1.82, 2.24) is 0 Å². The van der Waals surface area contributed by atoms with Gasteiger partial charge in [-0.05, 0) is 6.92 Å². The summed E-state index contributed by atoms with van der Waals surface area (Å²) in [5, 5.41) is 8.17. The lowest BCUT2D eigenvalue weighted by Gasteiger charge is -1.84. The molecule has 40 valence electrons. The molecule has 2 heteroatoms. The van der Waals surface area contributed by atoms with Crippen LogP contribution in [-0.4, -0.2) is 17.7 Å². The molecule has 0 heterocycles. The van der Waals surface area contributed by atoms with E-state index in [4.69, 9.17) is 5.11 Å². The fourth-order valence-corrected chi connectivity index (χ4v) is 0.219. The molecule has 0 fully saturated rings. The summed E-state index contributed by atoms with van der Waals surface area (Å²) in [4.78, 5) is 9.62. The molecule has 0 unspecified atom stereocenters. The summed E-state index contributed by atoms with van der Waals surface area (Å²) in [6.07, 6.45) is 0.448. The zero-order chi connectivity index (χ0) is 5.70. The zero-order valence-corrected chi connectivity index (χ0v) is 4.27. The highest BCUT2D eigenvalue weighted by Gasteiger charge is 1.83. The van der Waals surface area contributed by atoms with Gasteiger partial charge in [-0.25, -0.2) is 4.79 Å². The van der Waals surface area contributed by atoms with E-state index in [1.165, 1.54) is 0 Å². The van der Waals surface area contributed by atoms with Crippen LogP contribution in [0.2, 0.25) is 0 Å². The Morgan fingerprint density at radius 1 is 1.86 bits per heavy atom. The van der Waals surface area contributed by atoms with Crippen LogP contribution in [0.25, 0.3) is 0 Å². The second-order valence-electron chi connectivity index (χ2n) is 1.36. The van der Waals surface area contributed by atoms with Crippen LogP contribution in [0.4, 0.5) is 0 Å². The Kier molecular flexibility index (Phi) is 3.29. The zero-order valence-electron chi connectivity index (χ0n) is 4.27. The molecule has 0 aliphatic heterocycles. The predicted molar refractivity (Wildman–Crippen MR) is 26.6 cm³/mol. The van der Waals surface area contributed by atoms with Crippen LogP contribution in [0.1, 0.15) is 13.3 Å². The molecule has 0 radical (unpaired) electrons. The third-order valence-corrected chi connectivity index (χ3v) is 0.661. The molecule has 0 saturated carbocycles. The van der Waals surface area contributed by atoms with Gasteiger partial charge in [-0.2, -0.15) is 0 Å². The molecule has 0 aromatic carbocycles. The van der Waals surface area contributed by atoms with Crippen molar-refractivity contribution in [2.24, 2.45) is 0 Å². The average Bonchev–Trinajstić information content (AvgIpc) is 1.68. The molecule has 0 atom stereocenters. The van der Waals surface area contributed by atoms with Gasteiger partial charge in [-0.1, -0.05) is 0 Å². The van der Waals surface area contributed by atoms with E-state index in [2.05, 4.69) is 0 Å². The Morgan fingerprint density at radius 3 is 2.57 bits per heavy atom. The number of rotatable bonds is 2. The van der Waals surface area contributed by atoms with Crippen LogP contribution in [0, 0.1) is 0 Å². The lowest BCUT2D eigenvalue weighted by atomic mass is 10.3. The van der Waals surface area contributed by atoms with Crippen molar-refractivity contribution in [3.8, 4) is 0 Å². The van der Waals surface area contributed by atoms with Crippen LogP contribution < -0.4 is 0 Å². The third kappa shape index (κ3) is 3.23. The van der Waals surface area contributed by atoms with Crippen LogP contribution in [-0.2, 0) is 4.79 Å². The fourth-order valence-electron chi connectivity index (χ4n) is 0.219.